The Morgan fingerprint density at radius 1 is 0.917 bits per heavy atom. The first-order valence-electron chi connectivity index (χ1n) is 7.14. The van der Waals surface area contributed by atoms with Crippen LogP contribution in [0.15, 0.2) is 60.8 Å². The lowest BCUT2D eigenvalue weighted by Gasteiger charge is -2.09. The lowest BCUT2D eigenvalue weighted by Crippen LogP contribution is -1.95. The minimum atomic E-state index is -0.431. The second kappa shape index (κ2) is 6.95. The van der Waals surface area contributed by atoms with E-state index >= 15 is 0 Å². The van der Waals surface area contributed by atoms with Gasteiger partial charge in [-0.1, -0.05) is 0 Å². The van der Waals surface area contributed by atoms with Crippen molar-refractivity contribution in [3.63, 3.8) is 0 Å². The van der Waals surface area contributed by atoms with Crippen LogP contribution in [0, 0.1) is 11.6 Å². The van der Waals surface area contributed by atoms with E-state index in [4.69, 9.17) is 9.47 Å². The van der Waals surface area contributed by atoms with E-state index in [0.717, 1.165) is 0 Å². The molecular weight excluding hydrogens is 314 g/mol. The van der Waals surface area contributed by atoms with Gasteiger partial charge >= 0.3 is 0 Å². The summed E-state index contributed by atoms with van der Waals surface area (Å²) in [6, 6.07) is 13.6. The van der Waals surface area contributed by atoms with Gasteiger partial charge < -0.3 is 14.8 Å². The zero-order chi connectivity index (χ0) is 16.9. The van der Waals surface area contributed by atoms with E-state index in [1.807, 2.05) is 0 Å². The largest absolute Gasteiger partial charge is 0.494 e. The van der Waals surface area contributed by atoms with Gasteiger partial charge in [0.15, 0.2) is 11.6 Å². The van der Waals surface area contributed by atoms with E-state index in [-0.39, 0.29) is 11.6 Å². The predicted octanol–water partition coefficient (Wildman–Crippen LogP) is 4.90. The van der Waals surface area contributed by atoms with Crippen molar-refractivity contribution in [2.75, 3.05) is 12.4 Å². The highest BCUT2D eigenvalue weighted by Gasteiger charge is 2.05. The molecule has 0 fully saturated rings. The molecule has 1 heterocycles. The van der Waals surface area contributed by atoms with Gasteiger partial charge in [-0.15, -0.1) is 0 Å². The second-order valence-corrected chi connectivity index (χ2v) is 4.91. The minimum absolute atomic E-state index is 0.149. The lowest BCUT2D eigenvalue weighted by molar-refractivity contribution is 0.387. The number of pyridine rings is 1. The summed E-state index contributed by atoms with van der Waals surface area (Å²) >= 11 is 0. The van der Waals surface area contributed by atoms with Gasteiger partial charge in [-0.3, -0.25) is 0 Å². The zero-order valence-electron chi connectivity index (χ0n) is 12.8. The number of halogens is 2. The third kappa shape index (κ3) is 3.78. The van der Waals surface area contributed by atoms with Gasteiger partial charge in [0.25, 0.3) is 0 Å². The highest BCUT2D eigenvalue weighted by atomic mass is 19.1. The number of rotatable bonds is 5. The van der Waals surface area contributed by atoms with Crippen molar-refractivity contribution in [2.24, 2.45) is 0 Å². The number of hydrogen-bond donors (Lipinski definition) is 1. The molecule has 3 rings (SSSR count). The maximum Gasteiger partial charge on any atom is 0.165 e. The van der Waals surface area contributed by atoms with E-state index in [1.165, 1.54) is 43.6 Å². The van der Waals surface area contributed by atoms with E-state index in [2.05, 4.69) is 10.3 Å². The summed E-state index contributed by atoms with van der Waals surface area (Å²) in [5, 5.41) is 3.04. The van der Waals surface area contributed by atoms with Crippen LogP contribution in [-0.4, -0.2) is 12.1 Å². The second-order valence-electron chi connectivity index (χ2n) is 4.91. The van der Waals surface area contributed by atoms with Crippen molar-refractivity contribution in [3.8, 4) is 17.2 Å². The summed E-state index contributed by atoms with van der Waals surface area (Å²) in [5.41, 5.74) is 0.646. The highest BCUT2D eigenvalue weighted by Crippen LogP contribution is 2.25. The van der Waals surface area contributed by atoms with Gasteiger partial charge in [-0.2, -0.15) is 0 Å². The topological polar surface area (TPSA) is 43.4 Å². The molecule has 2 aromatic carbocycles. The van der Waals surface area contributed by atoms with E-state index in [0.29, 0.717) is 23.0 Å². The Morgan fingerprint density at radius 3 is 2.33 bits per heavy atom. The fourth-order valence-corrected chi connectivity index (χ4v) is 2.04. The number of methoxy groups -OCH3 is 1. The van der Waals surface area contributed by atoms with Crippen LogP contribution in [0.4, 0.5) is 20.3 Å². The highest BCUT2D eigenvalue weighted by molar-refractivity contribution is 5.58. The molecule has 0 bridgehead atoms. The first-order valence-corrected chi connectivity index (χ1v) is 7.14. The summed E-state index contributed by atoms with van der Waals surface area (Å²) in [6.45, 7) is 0. The molecule has 0 spiro atoms. The van der Waals surface area contributed by atoms with Gasteiger partial charge in [0.1, 0.15) is 23.1 Å². The van der Waals surface area contributed by atoms with Gasteiger partial charge in [0, 0.05) is 11.8 Å². The van der Waals surface area contributed by atoms with Crippen LogP contribution >= 0.6 is 0 Å². The molecule has 122 valence electrons. The van der Waals surface area contributed by atoms with Crippen molar-refractivity contribution in [1.82, 2.24) is 4.98 Å². The quantitative estimate of drug-likeness (QED) is 0.723. The third-order valence-electron chi connectivity index (χ3n) is 3.21. The van der Waals surface area contributed by atoms with Crippen LogP contribution in [0.2, 0.25) is 0 Å². The molecule has 1 aromatic heterocycles. The maximum absolute atomic E-state index is 13.4. The summed E-state index contributed by atoms with van der Waals surface area (Å²) in [6.07, 6.45) is 1.53. The Labute approximate surface area is 137 Å². The summed E-state index contributed by atoms with van der Waals surface area (Å²) < 4.78 is 36.7. The molecule has 1 N–H and O–H groups in total. The number of hydrogen-bond acceptors (Lipinski definition) is 4. The van der Waals surface area contributed by atoms with Crippen LogP contribution in [0.1, 0.15) is 0 Å². The molecule has 0 radical (unpaired) electrons. The number of anilines is 2. The number of ether oxygens (including phenoxy) is 2. The van der Waals surface area contributed by atoms with Gasteiger partial charge in [0.05, 0.1) is 13.3 Å². The molecule has 0 atom stereocenters. The fourth-order valence-electron chi connectivity index (χ4n) is 2.04. The monoisotopic (exact) mass is 328 g/mol. The van der Waals surface area contributed by atoms with Gasteiger partial charge in [-0.25, -0.2) is 13.8 Å². The molecule has 0 aliphatic heterocycles. The zero-order valence-corrected chi connectivity index (χ0v) is 12.8. The first-order chi connectivity index (χ1) is 11.6. The third-order valence-corrected chi connectivity index (χ3v) is 3.21. The Balaban J connectivity index is 1.69. The SMILES string of the molecule is COc1cc(Nc2ccc(Oc3ccc(F)cc3)cn2)ccc1F. The van der Waals surface area contributed by atoms with Gasteiger partial charge in [-0.05, 0) is 48.5 Å². The van der Waals surface area contributed by atoms with E-state index in [9.17, 15) is 8.78 Å². The van der Waals surface area contributed by atoms with Crippen molar-refractivity contribution < 1.29 is 18.3 Å². The van der Waals surface area contributed by atoms with Crippen LogP contribution in [0.5, 0.6) is 17.2 Å². The predicted molar refractivity (Wildman–Crippen MR) is 86.9 cm³/mol. The molecule has 0 saturated heterocycles. The maximum atomic E-state index is 13.4. The number of nitrogens with one attached hydrogen (secondary N) is 1. The van der Waals surface area contributed by atoms with Crippen LogP contribution in [0.3, 0.4) is 0 Å². The molecular formula is C18H14F2N2O2. The Bertz CT molecular complexity index is 821. The smallest absolute Gasteiger partial charge is 0.165 e. The normalized spacial score (nSPS) is 10.3. The summed E-state index contributed by atoms with van der Waals surface area (Å²) in [5.74, 6) is 0.992. The Morgan fingerprint density at radius 2 is 1.67 bits per heavy atom. The molecule has 3 aromatic rings. The number of benzene rings is 2. The first kappa shape index (κ1) is 15.7. The van der Waals surface area contributed by atoms with Crippen molar-refractivity contribution in [3.05, 3.63) is 72.4 Å². The minimum Gasteiger partial charge on any atom is -0.494 e. The van der Waals surface area contributed by atoms with Crippen LogP contribution < -0.4 is 14.8 Å². The Hall–Kier alpha value is -3.15. The number of aromatic nitrogens is 1. The summed E-state index contributed by atoms with van der Waals surface area (Å²) in [7, 11) is 1.40. The van der Waals surface area contributed by atoms with E-state index < -0.39 is 5.82 Å². The average molecular weight is 328 g/mol. The molecule has 4 nitrogen and oxygen atoms in total. The van der Waals surface area contributed by atoms with Crippen LogP contribution in [-0.2, 0) is 0 Å². The van der Waals surface area contributed by atoms with Crippen molar-refractivity contribution >= 4 is 11.5 Å². The van der Waals surface area contributed by atoms with Crippen LogP contribution in [0.25, 0.3) is 0 Å². The lowest BCUT2D eigenvalue weighted by atomic mass is 10.3. The van der Waals surface area contributed by atoms with Crippen molar-refractivity contribution in [1.29, 1.82) is 0 Å². The summed E-state index contributed by atoms with van der Waals surface area (Å²) in [4.78, 5) is 4.22. The van der Waals surface area contributed by atoms with Crippen molar-refractivity contribution in [2.45, 2.75) is 0 Å². The fraction of sp³-hybridized carbons (Fsp3) is 0.0556. The molecule has 0 amide bonds. The molecule has 0 aliphatic carbocycles. The molecule has 24 heavy (non-hydrogen) atoms. The molecule has 0 unspecified atom stereocenters. The Kier molecular flexibility index (Phi) is 4.56. The molecule has 0 saturated carbocycles. The number of nitrogens with zero attached hydrogens (tertiary/aromatic N) is 1. The van der Waals surface area contributed by atoms with E-state index in [1.54, 1.807) is 24.3 Å². The molecule has 0 aliphatic rings. The standard InChI is InChI=1S/C18H14F2N2O2/c1-23-17-10-13(4-8-16(17)20)22-18-9-7-15(11-21-18)24-14-5-2-12(19)3-6-14/h2-11H,1H3,(H,21,22). The average Bonchev–Trinajstić information content (AvgIpc) is 2.60. The van der Waals surface area contributed by atoms with Gasteiger partial charge in [0.2, 0.25) is 0 Å². The molecule has 6 heteroatoms.